The molecule has 3 nitrogen and oxygen atoms in total. The van der Waals surface area contributed by atoms with Gasteiger partial charge in [-0.2, -0.15) is 0 Å². The van der Waals surface area contributed by atoms with E-state index in [0.29, 0.717) is 11.4 Å². The van der Waals surface area contributed by atoms with Gasteiger partial charge in [-0.3, -0.25) is 5.41 Å². The summed E-state index contributed by atoms with van der Waals surface area (Å²) >= 11 is 0. The van der Waals surface area contributed by atoms with Gasteiger partial charge in [0, 0.05) is 16.8 Å². The first-order valence-corrected chi connectivity index (χ1v) is 7.37. The minimum atomic E-state index is 0.424. The zero-order chi connectivity index (χ0) is 16.2. The Bertz CT molecular complexity index is 841. The average Bonchev–Trinajstić information content (AvgIpc) is 2.62. The van der Waals surface area contributed by atoms with Gasteiger partial charge in [-0.1, -0.05) is 48.5 Å². The lowest BCUT2D eigenvalue weighted by Gasteiger charge is -2.11. The predicted molar refractivity (Wildman–Crippen MR) is 95.2 cm³/mol. The van der Waals surface area contributed by atoms with Crippen LogP contribution in [0.1, 0.15) is 11.1 Å². The maximum atomic E-state index is 8.44. The van der Waals surface area contributed by atoms with Gasteiger partial charge in [-0.15, -0.1) is 0 Å². The van der Waals surface area contributed by atoms with Crippen LogP contribution in [0, 0.1) is 5.41 Å². The van der Waals surface area contributed by atoms with Gasteiger partial charge in [0.25, 0.3) is 0 Å². The van der Waals surface area contributed by atoms with E-state index < -0.39 is 0 Å². The quantitative estimate of drug-likeness (QED) is 0.555. The van der Waals surface area contributed by atoms with Gasteiger partial charge in [-0.05, 0) is 35.4 Å². The van der Waals surface area contributed by atoms with Crippen molar-refractivity contribution in [2.24, 2.45) is 0 Å². The van der Waals surface area contributed by atoms with Gasteiger partial charge in [-0.25, -0.2) is 0 Å². The Morgan fingerprint density at radius 3 is 2.35 bits per heavy atom. The molecule has 0 saturated heterocycles. The number of nitrogen functional groups attached to an aromatic ring is 1. The lowest BCUT2D eigenvalue weighted by Crippen LogP contribution is -2.05. The number of hydrogen-bond acceptors (Lipinski definition) is 3. The molecule has 0 bridgehead atoms. The Balaban J connectivity index is 2.04. The lowest BCUT2D eigenvalue weighted by molar-refractivity contribution is 0.415. The molecule has 0 aromatic heterocycles. The Morgan fingerprint density at radius 1 is 0.870 bits per heavy atom. The number of nitrogens with one attached hydrogen (secondary N) is 1. The first kappa shape index (κ1) is 14.9. The highest BCUT2D eigenvalue weighted by Gasteiger charge is 2.10. The number of anilines is 1. The monoisotopic (exact) mass is 302 g/mol. The van der Waals surface area contributed by atoms with E-state index in [2.05, 4.69) is 0 Å². The van der Waals surface area contributed by atoms with Gasteiger partial charge in [0.2, 0.25) is 0 Å². The molecule has 0 aliphatic carbocycles. The summed E-state index contributed by atoms with van der Waals surface area (Å²) in [6.07, 6.45) is 0. The molecule has 3 heteroatoms. The van der Waals surface area contributed by atoms with Crippen molar-refractivity contribution in [3.05, 3.63) is 83.9 Å². The maximum absolute atomic E-state index is 8.44. The molecule has 0 fully saturated rings. The molecule has 0 amide bonds. The second-order valence-corrected chi connectivity index (χ2v) is 5.28. The molecule has 0 aliphatic heterocycles. The van der Waals surface area contributed by atoms with Crippen LogP contribution in [0.5, 0.6) is 5.75 Å². The minimum Gasteiger partial charge on any atom is -0.497 e. The topological polar surface area (TPSA) is 59.1 Å². The molecule has 3 N–H and O–H groups in total. The van der Waals surface area contributed by atoms with Crippen LogP contribution in [0.2, 0.25) is 0 Å². The number of hydrogen-bond donors (Lipinski definition) is 2. The summed E-state index contributed by atoms with van der Waals surface area (Å²) in [5.41, 5.74) is 10.7. The Kier molecular flexibility index (Phi) is 4.11. The SMILES string of the molecule is COc1cccc(-c2ccc(N)c(C(=N)c3ccccc3)c2)c1. The van der Waals surface area contributed by atoms with Gasteiger partial charge < -0.3 is 10.5 Å². The zero-order valence-electron chi connectivity index (χ0n) is 12.9. The van der Waals surface area contributed by atoms with E-state index in [0.717, 1.165) is 28.0 Å². The molecule has 3 rings (SSSR count). The summed E-state index contributed by atoms with van der Waals surface area (Å²) in [6, 6.07) is 23.2. The highest BCUT2D eigenvalue weighted by Crippen LogP contribution is 2.28. The van der Waals surface area contributed by atoms with Gasteiger partial charge >= 0.3 is 0 Å². The van der Waals surface area contributed by atoms with E-state index in [1.54, 1.807) is 7.11 Å². The molecular weight excluding hydrogens is 284 g/mol. The van der Waals surface area contributed by atoms with Crippen LogP contribution in [0.25, 0.3) is 11.1 Å². The van der Waals surface area contributed by atoms with E-state index in [9.17, 15) is 0 Å². The van der Waals surface area contributed by atoms with Crippen LogP contribution >= 0.6 is 0 Å². The zero-order valence-corrected chi connectivity index (χ0v) is 12.9. The molecule has 0 spiro atoms. The molecule has 0 atom stereocenters. The standard InChI is InChI=1S/C20H18N2O/c1-23-17-9-5-8-15(12-17)16-10-11-19(21)18(13-16)20(22)14-6-3-2-4-7-14/h2-13,22H,21H2,1H3. The highest BCUT2D eigenvalue weighted by molar-refractivity contribution is 6.14. The van der Waals surface area contributed by atoms with Crippen LogP contribution in [-0.4, -0.2) is 12.8 Å². The van der Waals surface area contributed by atoms with E-state index >= 15 is 0 Å². The van der Waals surface area contributed by atoms with Crippen molar-refractivity contribution in [1.29, 1.82) is 5.41 Å². The molecule has 3 aromatic rings. The fourth-order valence-electron chi connectivity index (χ4n) is 2.52. The van der Waals surface area contributed by atoms with Gasteiger partial charge in [0.05, 0.1) is 12.8 Å². The first-order valence-electron chi connectivity index (χ1n) is 7.37. The fraction of sp³-hybridized carbons (Fsp3) is 0.0500. The van der Waals surface area contributed by atoms with Crippen LogP contribution < -0.4 is 10.5 Å². The van der Waals surface area contributed by atoms with Crippen molar-refractivity contribution < 1.29 is 4.74 Å². The minimum absolute atomic E-state index is 0.424. The third-order valence-electron chi connectivity index (χ3n) is 3.79. The summed E-state index contributed by atoms with van der Waals surface area (Å²) in [7, 11) is 1.65. The van der Waals surface area contributed by atoms with Crippen molar-refractivity contribution >= 4 is 11.4 Å². The molecule has 114 valence electrons. The summed E-state index contributed by atoms with van der Waals surface area (Å²) < 4.78 is 5.28. The predicted octanol–water partition coefficient (Wildman–Crippen LogP) is 4.36. The summed E-state index contributed by atoms with van der Waals surface area (Å²) in [5.74, 6) is 0.805. The third-order valence-corrected chi connectivity index (χ3v) is 3.79. The van der Waals surface area contributed by atoms with Crippen molar-refractivity contribution in [1.82, 2.24) is 0 Å². The van der Waals surface area contributed by atoms with Crippen molar-refractivity contribution in [2.45, 2.75) is 0 Å². The average molecular weight is 302 g/mol. The van der Waals surface area contributed by atoms with Crippen molar-refractivity contribution in [2.75, 3.05) is 12.8 Å². The van der Waals surface area contributed by atoms with Crippen molar-refractivity contribution in [3.8, 4) is 16.9 Å². The van der Waals surface area contributed by atoms with Crippen LogP contribution in [0.4, 0.5) is 5.69 Å². The van der Waals surface area contributed by atoms with E-state index in [-0.39, 0.29) is 0 Å². The van der Waals surface area contributed by atoms with Crippen LogP contribution in [0.15, 0.2) is 72.8 Å². The summed E-state index contributed by atoms with van der Waals surface area (Å²) in [5, 5.41) is 8.44. The fourth-order valence-corrected chi connectivity index (χ4v) is 2.52. The normalized spacial score (nSPS) is 10.3. The summed E-state index contributed by atoms with van der Waals surface area (Å²) in [4.78, 5) is 0. The molecule has 0 unspecified atom stereocenters. The number of benzene rings is 3. The van der Waals surface area contributed by atoms with Crippen LogP contribution in [-0.2, 0) is 0 Å². The molecule has 0 saturated carbocycles. The Hall–Kier alpha value is -3.07. The number of nitrogens with two attached hydrogens (primary N) is 1. The van der Waals surface area contributed by atoms with Crippen LogP contribution in [0.3, 0.4) is 0 Å². The number of ether oxygens (including phenoxy) is 1. The van der Waals surface area contributed by atoms with E-state index in [1.165, 1.54) is 0 Å². The second-order valence-electron chi connectivity index (χ2n) is 5.28. The Labute approximate surface area is 135 Å². The van der Waals surface area contributed by atoms with Crippen molar-refractivity contribution in [3.63, 3.8) is 0 Å². The van der Waals surface area contributed by atoms with Gasteiger partial charge in [0.15, 0.2) is 0 Å². The lowest BCUT2D eigenvalue weighted by atomic mass is 9.96. The smallest absolute Gasteiger partial charge is 0.119 e. The molecule has 0 heterocycles. The molecule has 0 radical (unpaired) electrons. The number of rotatable bonds is 4. The third kappa shape index (κ3) is 3.09. The van der Waals surface area contributed by atoms with Gasteiger partial charge in [0.1, 0.15) is 5.75 Å². The molecular formula is C20H18N2O. The van der Waals surface area contributed by atoms with E-state index in [1.807, 2.05) is 72.8 Å². The Morgan fingerprint density at radius 2 is 1.61 bits per heavy atom. The molecule has 0 aliphatic rings. The highest BCUT2D eigenvalue weighted by atomic mass is 16.5. The number of methoxy groups -OCH3 is 1. The summed E-state index contributed by atoms with van der Waals surface area (Å²) in [6.45, 7) is 0. The first-order chi connectivity index (χ1) is 11.2. The molecule has 23 heavy (non-hydrogen) atoms. The second kappa shape index (κ2) is 6.36. The largest absolute Gasteiger partial charge is 0.497 e. The molecule has 3 aromatic carbocycles. The van der Waals surface area contributed by atoms with E-state index in [4.69, 9.17) is 15.9 Å². The maximum Gasteiger partial charge on any atom is 0.119 e.